The first kappa shape index (κ1) is 14.3. The summed E-state index contributed by atoms with van der Waals surface area (Å²) in [7, 11) is 1.60. The van der Waals surface area contributed by atoms with Crippen LogP contribution in [0.15, 0.2) is 35.1 Å². The minimum absolute atomic E-state index is 0.304. The number of aromatic nitrogens is 2. The predicted octanol–water partition coefficient (Wildman–Crippen LogP) is 2.55. The van der Waals surface area contributed by atoms with E-state index in [2.05, 4.69) is 15.3 Å². The molecule has 2 heterocycles. The van der Waals surface area contributed by atoms with Crippen LogP contribution in [0, 0.1) is 6.92 Å². The Hall–Kier alpha value is -2.67. The van der Waals surface area contributed by atoms with Crippen molar-refractivity contribution in [3.63, 3.8) is 0 Å². The number of amides is 1. The lowest BCUT2D eigenvalue weighted by Crippen LogP contribution is -2.16. The van der Waals surface area contributed by atoms with Crippen molar-refractivity contribution in [2.75, 3.05) is 12.4 Å². The standard InChI is InChI=1S/C15H13N3O3S/c1-8-5-9(6-13(19)16-8)14(20)18-15-17-11-4-3-10(21-2)7-12(11)22-15/h3-7H,1-2H3,(H,16,19)(H,17,18,20). The van der Waals surface area contributed by atoms with Gasteiger partial charge in [0, 0.05) is 17.3 Å². The first-order chi connectivity index (χ1) is 10.5. The molecule has 2 N–H and O–H groups in total. The Bertz CT molecular complexity index is 914. The Balaban J connectivity index is 1.88. The Morgan fingerprint density at radius 3 is 2.86 bits per heavy atom. The van der Waals surface area contributed by atoms with Crippen LogP contribution < -0.4 is 15.6 Å². The summed E-state index contributed by atoms with van der Waals surface area (Å²) in [5.41, 5.74) is 1.41. The lowest BCUT2D eigenvalue weighted by Gasteiger charge is -2.01. The van der Waals surface area contributed by atoms with Gasteiger partial charge in [-0.1, -0.05) is 11.3 Å². The summed E-state index contributed by atoms with van der Waals surface area (Å²) in [5.74, 6) is 0.375. The van der Waals surface area contributed by atoms with Gasteiger partial charge in [-0.2, -0.15) is 0 Å². The number of thiazole rings is 1. The third-order valence-electron chi connectivity index (χ3n) is 3.06. The van der Waals surface area contributed by atoms with Crippen LogP contribution in [-0.2, 0) is 0 Å². The van der Waals surface area contributed by atoms with Crippen molar-refractivity contribution >= 4 is 32.6 Å². The van der Waals surface area contributed by atoms with Gasteiger partial charge in [0.15, 0.2) is 5.13 Å². The van der Waals surface area contributed by atoms with Crippen LogP contribution in [0.5, 0.6) is 5.75 Å². The maximum absolute atomic E-state index is 12.2. The smallest absolute Gasteiger partial charge is 0.257 e. The minimum atomic E-state index is -0.361. The van der Waals surface area contributed by atoms with E-state index < -0.39 is 0 Å². The molecule has 0 radical (unpaired) electrons. The monoisotopic (exact) mass is 315 g/mol. The summed E-state index contributed by atoms with van der Waals surface area (Å²) in [6, 6.07) is 8.39. The number of hydrogen-bond acceptors (Lipinski definition) is 5. The Morgan fingerprint density at radius 2 is 2.14 bits per heavy atom. The van der Waals surface area contributed by atoms with E-state index in [1.165, 1.54) is 17.4 Å². The Morgan fingerprint density at radius 1 is 1.32 bits per heavy atom. The second-order valence-electron chi connectivity index (χ2n) is 4.72. The van der Waals surface area contributed by atoms with Crippen LogP contribution >= 0.6 is 11.3 Å². The number of aryl methyl sites for hydroxylation is 1. The van der Waals surface area contributed by atoms with Gasteiger partial charge < -0.3 is 9.72 Å². The fourth-order valence-corrected chi connectivity index (χ4v) is 2.96. The molecule has 112 valence electrons. The molecule has 1 aromatic carbocycles. The second-order valence-corrected chi connectivity index (χ2v) is 5.75. The number of H-pyrrole nitrogens is 1. The summed E-state index contributed by atoms with van der Waals surface area (Å²) in [6.45, 7) is 1.72. The minimum Gasteiger partial charge on any atom is -0.497 e. The molecule has 3 aromatic rings. The van der Waals surface area contributed by atoms with Gasteiger partial charge in [-0.3, -0.25) is 14.9 Å². The fraction of sp³-hybridized carbons (Fsp3) is 0.133. The molecule has 0 atom stereocenters. The van der Waals surface area contributed by atoms with Gasteiger partial charge in [0.1, 0.15) is 5.75 Å². The molecule has 2 aromatic heterocycles. The molecule has 0 unspecified atom stereocenters. The van der Waals surface area contributed by atoms with Crippen LogP contribution in [0.1, 0.15) is 16.1 Å². The highest BCUT2D eigenvalue weighted by Crippen LogP contribution is 2.29. The molecule has 0 aliphatic rings. The highest BCUT2D eigenvalue weighted by molar-refractivity contribution is 7.22. The van der Waals surface area contributed by atoms with E-state index in [9.17, 15) is 9.59 Å². The molecular formula is C15H13N3O3S. The molecule has 0 aliphatic heterocycles. The number of carbonyl (C=O) groups is 1. The number of benzene rings is 1. The number of aromatic amines is 1. The van der Waals surface area contributed by atoms with Crippen molar-refractivity contribution in [1.82, 2.24) is 9.97 Å². The zero-order chi connectivity index (χ0) is 15.7. The molecule has 0 spiro atoms. The predicted molar refractivity (Wildman–Crippen MR) is 85.9 cm³/mol. The maximum atomic E-state index is 12.2. The van der Waals surface area contributed by atoms with Crippen LogP contribution in [0.4, 0.5) is 5.13 Å². The number of carbonyl (C=O) groups excluding carboxylic acids is 1. The van der Waals surface area contributed by atoms with E-state index in [4.69, 9.17) is 4.74 Å². The maximum Gasteiger partial charge on any atom is 0.257 e. The molecule has 0 aliphatic carbocycles. The van der Waals surface area contributed by atoms with E-state index in [1.54, 1.807) is 20.1 Å². The average molecular weight is 315 g/mol. The third kappa shape index (κ3) is 2.84. The van der Waals surface area contributed by atoms with Crippen molar-refractivity contribution in [2.45, 2.75) is 6.92 Å². The number of hydrogen-bond donors (Lipinski definition) is 2. The first-order valence-electron chi connectivity index (χ1n) is 6.52. The second kappa shape index (κ2) is 5.61. The van der Waals surface area contributed by atoms with E-state index in [0.717, 1.165) is 16.0 Å². The van der Waals surface area contributed by atoms with Gasteiger partial charge >= 0.3 is 0 Å². The summed E-state index contributed by atoms with van der Waals surface area (Å²) >= 11 is 1.35. The number of ether oxygens (including phenoxy) is 1. The number of nitrogens with zero attached hydrogens (tertiary/aromatic N) is 1. The lowest BCUT2D eigenvalue weighted by molar-refractivity contribution is 0.102. The number of fused-ring (bicyclic) bond motifs is 1. The van der Waals surface area contributed by atoms with E-state index in [0.29, 0.717) is 16.4 Å². The topological polar surface area (TPSA) is 84.1 Å². The summed E-state index contributed by atoms with van der Waals surface area (Å²) in [6.07, 6.45) is 0. The molecule has 22 heavy (non-hydrogen) atoms. The Labute approximate surface area is 129 Å². The third-order valence-corrected chi connectivity index (χ3v) is 3.99. The van der Waals surface area contributed by atoms with Gasteiger partial charge in [0.25, 0.3) is 5.91 Å². The van der Waals surface area contributed by atoms with E-state index in [1.807, 2.05) is 18.2 Å². The number of methoxy groups -OCH3 is 1. The zero-order valence-electron chi connectivity index (χ0n) is 12.0. The summed E-state index contributed by atoms with van der Waals surface area (Å²) in [4.78, 5) is 30.6. The number of nitrogens with one attached hydrogen (secondary N) is 2. The summed E-state index contributed by atoms with van der Waals surface area (Å²) < 4.78 is 6.08. The van der Waals surface area contributed by atoms with Crippen molar-refractivity contribution in [3.8, 4) is 5.75 Å². The molecule has 0 saturated heterocycles. The summed E-state index contributed by atoms with van der Waals surface area (Å²) in [5, 5.41) is 3.19. The highest BCUT2D eigenvalue weighted by Gasteiger charge is 2.11. The number of anilines is 1. The van der Waals surface area contributed by atoms with Crippen LogP contribution in [0.2, 0.25) is 0 Å². The normalized spacial score (nSPS) is 10.6. The largest absolute Gasteiger partial charge is 0.497 e. The quantitative estimate of drug-likeness (QED) is 0.778. The molecular weight excluding hydrogens is 302 g/mol. The molecule has 3 rings (SSSR count). The van der Waals surface area contributed by atoms with E-state index in [-0.39, 0.29) is 11.5 Å². The molecule has 6 nitrogen and oxygen atoms in total. The van der Waals surface area contributed by atoms with E-state index >= 15 is 0 Å². The lowest BCUT2D eigenvalue weighted by atomic mass is 10.2. The SMILES string of the molecule is COc1ccc2nc(NC(=O)c3cc(C)[nH]c(=O)c3)sc2c1. The highest BCUT2D eigenvalue weighted by atomic mass is 32.1. The molecule has 7 heteroatoms. The Kier molecular flexibility index (Phi) is 3.64. The molecule has 0 fully saturated rings. The van der Waals surface area contributed by atoms with Gasteiger partial charge in [0.05, 0.1) is 17.3 Å². The molecule has 1 amide bonds. The van der Waals surface area contributed by atoms with Gasteiger partial charge in [-0.05, 0) is 31.2 Å². The van der Waals surface area contributed by atoms with Gasteiger partial charge in [-0.15, -0.1) is 0 Å². The first-order valence-corrected chi connectivity index (χ1v) is 7.34. The van der Waals surface area contributed by atoms with Crippen LogP contribution in [0.25, 0.3) is 10.2 Å². The van der Waals surface area contributed by atoms with Crippen molar-refractivity contribution < 1.29 is 9.53 Å². The van der Waals surface area contributed by atoms with Crippen LogP contribution in [-0.4, -0.2) is 23.0 Å². The molecule has 0 saturated carbocycles. The van der Waals surface area contributed by atoms with Gasteiger partial charge in [-0.25, -0.2) is 4.98 Å². The average Bonchev–Trinajstić information content (AvgIpc) is 2.87. The number of rotatable bonds is 3. The molecule has 0 bridgehead atoms. The zero-order valence-corrected chi connectivity index (χ0v) is 12.8. The van der Waals surface area contributed by atoms with Crippen molar-refractivity contribution in [2.24, 2.45) is 0 Å². The fourth-order valence-electron chi connectivity index (χ4n) is 2.07. The van der Waals surface area contributed by atoms with Gasteiger partial charge in [0.2, 0.25) is 5.56 Å². The number of pyridine rings is 1. The van der Waals surface area contributed by atoms with Crippen molar-refractivity contribution in [3.05, 3.63) is 51.9 Å². The van der Waals surface area contributed by atoms with Crippen LogP contribution in [0.3, 0.4) is 0 Å². The van der Waals surface area contributed by atoms with Crippen molar-refractivity contribution in [1.29, 1.82) is 0 Å².